The molecule has 1 atom stereocenters. The summed E-state index contributed by atoms with van der Waals surface area (Å²) in [6.45, 7) is 1.58. The van der Waals surface area contributed by atoms with E-state index in [-0.39, 0.29) is 18.1 Å². The summed E-state index contributed by atoms with van der Waals surface area (Å²) in [5.74, 6) is -0.925. The van der Waals surface area contributed by atoms with Crippen molar-refractivity contribution in [1.82, 2.24) is 5.32 Å². The molecule has 1 aromatic rings. The summed E-state index contributed by atoms with van der Waals surface area (Å²) >= 11 is 0. The molecule has 0 saturated heterocycles. The number of carbonyl (C=O) groups excluding carboxylic acids is 1. The van der Waals surface area contributed by atoms with Crippen molar-refractivity contribution in [2.45, 2.75) is 13.0 Å². The molecule has 1 rings (SSSR count). The van der Waals surface area contributed by atoms with Crippen molar-refractivity contribution in [2.24, 2.45) is 0 Å². The van der Waals surface area contributed by atoms with Gasteiger partial charge in [-0.1, -0.05) is 12.1 Å². The molecular formula is C11H15FN2O2. The molecule has 16 heavy (non-hydrogen) atoms. The van der Waals surface area contributed by atoms with E-state index in [1.165, 1.54) is 19.1 Å². The van der Waals surface area contributed by atoms with Gasteiger partial charge in [-0.25, -0.2) is 4.39 Å². The van der Waals surface area contributed by atoms with Crippen molar-refractivity contribution < 1.29 is 14.3 Å². The van der Waals surface area contributed by atoms with Crippen LogP contribution >= 0.6 is 0 Å². The number of aliphatic hydroxyl groups is 1. The Labute approximate surface area is 93.5 Å². The summed E-state index contributed by atoms with van der Waals surface area (Å²) in [7, 11) is 1.68. The van der Waals surface area contributed by atoms with E-state index < -0.39 is 11.9 Å². The summed E-state index contributed by atoms with van der Waals surface area (Å²) in [6.07, 6.45) is -0.859. The minimum atomic E-state index is -0.859. The second-order valence-electron chi connectivity index (χ2n) is 3.46. The number of hydrogen-bond donors (Lipinski definition) is 3. The van der Waals surface area contributed by atoms with E-state index in [4.69, 9.17) is 0 Å². The smallest absolute Gasteiger partial charge is 0.221 e. The maximum Gasteiger partial charge on any atom is 0.221 e. The second-order valence-corrected chi connectivity index (χ2v) is 3.46. The molecule has 1 amide bonds. The SMILES string of the molecule is CNCC(O)c1cccc(F)c1NC(C)=O. The molecule has 0 fully saturated rings. The molecule has 0 saturated carbocycles. The lowest BCUT2D eigenvalue weighted by atomic mass is 10.1. The van der Waals surface area contributed by atoms with Crippen molar-refractivity contribution in [3.05, 3.63) is 29.6 Å². The van der Waals surface area contributed by atoms with E-state index in [9.17, 15) is 14.3 Å². The molecular weight excluding hydrogens is 211 g/mol. The Bertz CT molecular complexity index is 382. The monoisotopic (exact) mass is 226 g/mol. The van der Waals surface area contributed by atoms with Crippen LogP contribution in [0.4, 0.5) is 10.1 Å². The van der Waals surface area contributed by atoms with E-state index in [2.05, 4.69) is 10.6 Å². The number of amides is 1. The van der Waals surface area contributed by atoms with Crippen LogP contribution in [0.2, 0.25) is 0 Å². The van der Waals surface area contributed by atoms with Gasteiger partial charge in [-0.3, -0.25) is 4.79 Å². The van der Waals surface area contributed by atoms with Gasteiger partial charge in [-0.2, -0.15) is 0 Å². The van der Waals surface area contributed by atoms with E-state index >= 15 is 0 Å². The average molecular weight is 226 g/mol. The zero-order valence-corrected chi connectivity index (χ0v) is 9.25. The number of likely N-dealkylation sites (N-methyl/N-ethyl adjacent to an activating group) is 1. The fourth-order valence-corrected chi connectivity index (χ4v) is 1.43. The predicted molar refractivity (Wildman–Crippen MR) is 59.6 cm³/mol. The molecule has 0 bridgehead atoms. The standard InChI is InChI=1S/C11H15FN2O2/c1-7(15)14-11-8(10(16)6-13-2)4-3-5-9(11)12/h3-5,10,13,16H,6H2,1-2H3,(H,14,15). The van der Waals surface area contributed by atoms with Crippen LogP contribution in [0.3, 0.4) is 0 Å². The fraction of sp³-hybridized carbons (Fsp3) is 0.364. The molecule has 4 nitrogen and oxygen atoms in total. The van der Waals surface area contributed by atoms with Crippen molar-refractivity contribution in [2.75, 3.05) is 18.9 Å². The summed E-state index contributed by atoms with van der Waals surface area (Å²) in [5, 5.41) is 14.9. The van der Waals surface area contributed by atoms with Gasteiger partial charge in [-0.05, 0) is 13.1 Å². The van der Waals surface area contributed by atoms with Gasteiger partial charge in [-0.15, -0.1) is 0 Å². The van der Waals surface area contributed by atoms with Crippen LogP contribution in [0.5, 0.6) is 0 Å². The number of nitrogens with one attached hydrogen (secondary N) is 2. The molecule has 0 aromatic heterocycles. The number of benzene rings is 1. The number of para-hydroxylation sites is 1. The van der Waals surface area contributed by atoms with Crippen LogP contribution in [-0.4, -0.2) is 24.6 Å². The Morgan fingerprint density at radius 1 is 1.56 bits per heavy atom. The zero-order chi connectivity index (χ0) is 12.1. The van der Waals surface area contributed by atoms with Crippen LogP contribution in [-0.2, 0) is 4.79 Å². The number of aliphatic hydroxyl groups excluding tert-OH is 1. The summed E-state index contributed by atoms with van der Waals surface area (Å²) in [6, 6.07) is 4.31. The van der Waals surface area contributed by atoms with Gasteiger partial charge in [0.2, 0.25) is 5.91 Å². The van der Waals surface area contributed by atoms with Crippen molar-refractivity contribution in [3.8, 4) is 0 Å². The molecule has 3 N–H and O–H groups in total. The normalized spacial score (nSPS) is 12.2. The molecule has 1 aromatic carbocycles. The van der Waals surface area contributed by atoms with Crippen molar-refractivity contribution in [3.63, 3.8) is 0 Å². The highest BCUT2D eigenvalue weighted by atomic mass is 19.1. The first-order valence-corrected chi connectivity index (χ1v) is 4.95. The van der Waals surface area contributed by atoms with Crippen molar-refractivity contribution in [1.29, 1.82) is 0 Å². The Morgan fingerprint density at radius 3 is 2.81 bits per heavy atom. The third-order valence-electron chi connectivity index (χ3n) is 2.10. The first-order valence-electron chi connectivity index (χ1n) is 4.95. The minimum Gasteiger partial charge on any atom is -0.387 e. The highest BCUT2D eigenvalue weighted by molar-refractivity contribution is 5.89. The molecule has 5 heteroatoms. The van der Waals surface area contributed by atoms with Gasteiger partial charge >= 0.3 is 0 Å². The lowest BCUT2D eigenvalue weighted by Gasteiger charge is -2.15. The third-order valence-corrected chi connectivity index (χ3v) is 2.10. The van der Waals surface area contributed by atoms with Gasteiger partial charge in [0.25, 0.3) is 0 Å². The van der Waals surface area contributed by atoms with E-state index in [1.807, 2.05) is 0 Å². The van der Waals surface area contributed by atoms with Crippen LogP contribution in [0.15, 0.2) is 18.2 Å². The fourth-order valence-electron chi connectivity index (χ4n) is 1.43. The molecule has 0 spiro atoms. The summed E-state index contributed by atoms with van der Waals surface area (Å²) in [5.41, 5.74) is 0.405. The van der Waals surface area contributed by atoms with Crippen LogP contribution in [0.25, 0.3) is 0 Å². The maximum atomic E-state index is 13.5. The Kier molecular flexibility index (Phi) is 4.39. The van der Waals surface area contributed by atoms with E-state index in [1.54, 1.807) is 13.1 Å². The average Bonchev–Trinajstić information content (AvgIpc) is 2.20. The number of anilines is 1. The first kappa shape index (κ1) is 12.6. The van der Waals surface area contributed by atoms with Gasteiger partial charge < -0.3 is 15.7 Å². The maximum absolute atomic E-state index is 13.5. The second kappa shape index (κ2) is 5.58. The number of carbonyl (C=O) groups is 1. The Morgan fingerprint density at radius 2 is 2.25 bits per heavy atom. The van der Waals surface area contributed by atoms with Gasteiger partial charge in [0, 0.05) is 19.0 Å². The largest absolute Gasteiger partial charge is 0.387 e. The molecule has 0 radical (unpaired) electrons. The number of hydrogen-bond acceptors (Lipinski definition) is 3. The van der Waals surface area contributed by atoms with Gasteiger partial charge in [0.1, 0.15) is 5.82 Å². The lowest BCUT2D eigenvalue weighted by Crippen LogP contribution is -2.19. The van der Waals surface area contributed by atoms with Crippen molar-refractivity contribution >= 4 is 11.6 Å². The highest BCUT2D eigenvalue weighted by Gasteiger charge is 2.15. The Balaban J connectivity index is 3.06. The Hall–Kier alpha value is -1.46. The lowest BCUT2D eigenvalue weighted by molar-refractivity contribution is -0.114. The summed E-state index contributed by atoms with van der Waals surface area (Å²) < 4.78 is 13.5. The van der Waals surface area contributed by atoms with Crippen LogP contribution < -0.4 is 10.6 Å². The highest BCUT2D eigenvalue weighted by Crippen LogP contribution is 2.25. The number of rotatable bonds is 4. The molecule has 0 aliphatic carbocycles. The number of halogens is 1. The summed E-state index contributed by atoms with van der Waals surface area (Å²) in [4.78, 5) is 10.9. The molecule has 0 aliphatic rings. The van der Waals surface area contributed by atoms with E-state index in [0.29, 0.717) is 5.56 Å². The topological polar surface area (TPSA) is 61.4 Å². The third kappa shape index (κ3) is 3.01. The van der Waals surface area contributed by atoms with E-state index in [0.717, 1.165) is 0 Å². The molecule has 1 unspecified atom stereocenters. The molecule has 88 valence electrons. The van der Waals surface area contributed by atoms with Crippen LogP contribution in [0, 0.1) is 5.82 Å². The quantitative estimate of drug-likeness (QED) is 0.718. The zero-order valence-electron chi connectivity index (χ0n) is 9.25. The predicted octanol–water partition coefficient (Wildman–Crippen LogP) is 1.04. The molecule has 0 heterocycles. The van der Waals surface area contributed by atoms with Crippen LogP contribution in [0.1, 0.15) is 18.6 Å². The minimum absolute atomic E-state index is 0.0396. The first-order chi connectivity index (χ1) is 7.56. The van der Waals surface area contributed by atoms with Gasteiger partial charge in [0.15, 0.2) is 0 Å². The van der Waals surface area contributed by atoms with Gasteiger partial charge in [0.05, 0.1) is 11.8 Å². The molecule has 0 aliphatic heterocycles.